The predicted molar refractivity (Wildman–Crippen MR) is 76.7 cm³/mol. The summed E-state index contributed by atoms with van der Waals surface area (Å²) in [5.74, 6) is 2.42. The Morgan fingerprint density at radius 2 is 1.79 bits per heavy atom. The minimum absolute atomic E-state index is 0.0614. The largest absolute Gasteiger partial charge is 0.466 e. The van der Waals surface area contributed by atoms with Crippen molar-refractivity contribution >= 4 is 17.4 Å². The van der Waals surface area contributed by atoms with E-state index in [-0.39, 0.29) is 6.04 Å². The van der Waals surface area contributed by atoms with Gasteiger partial charge in [-0.3, -0.25) is 0 Å². The number of nitrogens with one attached hydrogen (secondary N) is 1. The van der Waals surface area contributed by atoms with Gasteiger partial charge < -0.3 is 9.73 Å². The van der Waals surface area contributed by atoms with E-state index in [4.69, 9.17) is 16.0 Å². The molecule has 2 heterocycles. The van der Waals surface area contributed by atoms with Gasteiger partial charge in [-0.15, -0.1) is 0 Å². The van der Waals surface area contributed by atoms with Gasteiger partial charge in [0.25, 0.3) is 0 Å². The molecule has 0 saturated heterocycles. The highest BCUT2D eigenvalue weighted by molar-refractivity contribution is 6.31. The van der Waals surface area contributed by atoms with E-state index in [2.05, 4.69) is 15.3 Å². The van der Waals surface area contributed by atoms with Gasteiger partial charge in [-0.25, -0.2) is 9.97 Å². The average molecular weight is 280 g/mol. The molecule has 2 aromatic heterocycles. The summed E-state index contributed by atoms with van der Waals surface area (Å²) in [6, 6.07) is 2.08. The number of nitrogens with zero attached hydrogens (tertiary/aromatic N) is 2. The van der Waals surface area contributed by atoms with Crippen molar-refractivity contribution in [2.45, 2.75) is 40.7 Å². The summed E-state index contributed by atoms with van der Waals surface area (Å²) in [4.78, 5) is 8.70. The molecule has 1 N–H and O–H groups in total. The fourth-order valence-corrected chi connectivity index (χ4v) is 2.25. The van der Waals surface area contributed by atoms with Crippen molar-refractivity contribution < 1.29 is 4.42 Å². The Morgan fingerprint density at radius 3 is 2.37 bits per heavy atom. The number of anilines is 1. The second-order valence-electron chi connectivity index (χ2n) is 4.77. The van der Waals surface area contributed by atoms with Crippen LogP contribution in [0.25, 0.3) is 0 Å². The van der Waals surface area contributed by atoms with Gasteiger partial charge in [0.1, 0.15) is 11.5 Å². The Bertz CT molecular complexity index is 607. The Kier molecular flexibility index (Phi) is 3.80. The molecule has 0 aromatic carbocycles. The molecule has 2 aromatic rings. The number of aromatic nitrogens is 2. The van der Waals surface area contributed by atoms with Crippen LogP contribution >= 0.6 is 11.6 Å². The summed E-state index contributed by atoms with van der Waals surface area (Å²) in [7, 11) is 0. The quantitative estimate of drug-likeness (QED) is 0.918. The molecular weight excluding hydrogens is 262 g/mol. The number of furan rings is 1. The first-order valence-electron chi connectivity index (χ1n) is 6.22. The zero-order chi connectivity index (χ0) is 14.2. The minimum Gasteiger partial charge on any atom is -0.466 e. The molecule has 0 spiro atoms. The summed E-state index contributed by atoms with van der Waals surface area (Å²) in [6.45, 7) is 9.75. The first kappa shape index (κ1) is 13.9. The monoisotopic (exact) mass is 279 g/mol. The van der Waals surface area contributed by atoms with Gasteiger partial charge in [-0.1, -0.05) is 11.6 Å². The maximum atomic E-state index is 6.12. The highest BCUT2D eigenvalue weighted by Crippen LogP contribution is 2.27. The van der Waals surface area contributed by atoms with Crippen molar-refractivity contribution in [1.82, 2.24) is 9.97 Å². The van der Waals surface area contributed by atoms with Crippen LogP contribution in [-0.2, 0) is 0 Å². The molecule has 2 rings (SSSR count). The van der Waals surface area contributed by atoms with E-state index < -0.39 is 0 Å². The second-order valence-corrected chi connectivity index (χ2v) is 5.13. The van der Waals surface area contributed by atoms with E-state index >= 15 is 0 Å². The normalized spacial score (nSPS) is 12.5. The molecule has 0 aliphatic heterocycles. The van der Waals surface area contributed by atoms with Gasteiger partial charge in [-0.2, -0.15) is 0 Å². The molecule has 0 bridgehead atoms. The van der Waals surface area contributed by atoms with Gasteiger partial charge in [0, 0.05) is 5.56 Å². The van der Waals surface area contributed by atoms with Crippen LogP contribution in [0.1, 0.15) is 41.4 Å². The van der Waals surface area contributed by atoms with Gasteiger partial charge in [0.05, 0.1) is 17.4 Å². The van der Waals surface area contributed by atoms with Crippen LogP contribution < -0.4 is 5.32 Å². The third-order valence-electron chi connectivity index (χ3n) is 3.16. The maximum Gasteiger partial charge on any atom is 0.171 e. The predicted octanol–water partition coefficient (Wildman–Crippen LogP) is 4.13. The van der Waals surface area contributed by atoms with E-state index in [1.165, 1.54) is 0 Å². The van der Waals surface area contributed by atoms with Crippen molar-refractivity contribution in [2.75, 3.05) is 5.32 Å². The topological polar surface area (TPSA) is 51.0 Å². The molecule has 4 nitrogen and oxygen atoms in total. The SMILES string of the molecule is Cc1cc(C(C)Nc2nc(C)c(C)nc2Cl)c(C)o1. The van der Waals surface area contributed by atoms with Crippen molar-refractivity contribution in [1.29, 1.82) is 0 Å². The van der Waals surface area contributed by atoms with Crippen LogP contribution in [0.2, 0.25) is 5.15 Å². The highest BCUT2D eigenvalue weighted by atomic mass is 35.5. The summed E-state index contributed by atoms with van der Waals surface area (Å²) < 4.78 is 5.54. The molecule has 0 fully saturated rings. The maximum absolute atomic E-state index is 6.12. The Morgan fingerprint density at radius 1 is 1.16 bits per heavy atom. The molecule has 102 valence electrons. The van der Waals surface area contributed by atoms with Gasteiger partial charge in [0.2, 0.25) is 0 Å². The fourth-order valence-electron chi connectivity index (χ4n) is 2.03. The van der Waals surface area contributed by atoms with Crippen LogP contribution in [0.4, 0.5) is 5.82 Å². The van der Waals surface area contributed by atoms with Crippen molar-refractivity contribution in [3.63, 3.8) is 0 Å². The van der Waals surface area contributed by atoms with Crippen LogP contribution in [-0.4, -0.2) is 9.97 Å². The lowest BCUT2D eigenvalue weighted by molar-refractivity contribution is 0.499. The molecule has 19 heavy (non-hydrogen) atoms. The molecule has 0 saturated carbocycles. The van der Waals surface area contributed by atoms with E-state index in [1.54, 1.807) is 0 Å². The van der Waals surface area contributed by atoms with Crippen LogP contribution in [0.5, 0.6) is 0 Å². The average Bonchev–Trinajstić information content (AvgIpc) is 2.65. The highest BCUT2D eigenvalue weighted by Gasteiger charge is 2.15. The number of hydrogen-bond donors (Lipinski definition) is 1. The van der Waals surface area contributed by atoms with E-state index in [0.29, 0.717) is 11.0 Å². The van der Waals surface area contributed by atoms with E-state index in [0.717, 1.165) is 28.5 Å². The summed E-state index contributed by atoms with van der Waals surface area (Å²) in [5, 5.41) is 3.68. The smallest absolute Gasteiger partial charge is 0.171 e. The zero-order valence-corrected chi connectivity index (χ0v) is 12.6. The second kappa shape index (κ2) is 5.21. The lowest BCUT2D eigenvalue weighted by atomic mass is 10.1. The lowest BCUT2D eigenvalue weighted by Crippen LogP contribution is -2.10. The van der Waals surface area contributed by atoms with Crippen molar-refractivity contribution in [2.24, 2.45) is 0 Å². The minimum atomic E-state index is 0.0614. The summed E-state index contributed by atoms with van der Waals surface area (Å²) >= 11 is 6.12. The van der Waals surface area contributed by atoms with Crippen LogP contribution in [0, 0.1) is 27.7 Å². The molecule has 1 unspecified atom stereocenters. The number of rotatable bonds is 3. The molecule has 0 aliphatic carbocycles. The first-order chi connectivity index (χ1) is 8.88. The van der Waals surface area contributed by atoms with Crippen LogP contribution in [0.3, 0.4) is 0 Å². The van der Waals surface area contributed by atoms with Gasteiger partial charge >= 0.3 is 0 Å². The molecule has 1 atom stereocenters. The Labute approximate surface area is 118 Å². The van der Waals surface area contributed by atoms with E-state index in [1.807, 2.05) is 40.7 Å². The first-order valence-corrected chi connectivity index (χ1v) is 6.60. The summed E-state index contributed by atoms with van der Waals surface area (Å²) in [6.07, 6.45) is 0. The lowest BCUT2D eigenvalue weighted by Gasteiger charge is -2.15. The molecule has 0 amide bonds. The van der Waals surface area contributed by atoms with Gasteiger partial charge in [0.15, 0.2) is 11.0 Å². The van der Waals surface area contributed by atoms with Gasteiger partial charge in [-0.05, 0) is 40.7 Å². The summed E-state index contributed by atoms with van der Waals surface area (Å²) in [5.41, 5.74) is 2.83. The third-order valence-corrected chi connectivity index (χ3v) is 3.43. The zero-order valence-electron chi connectivity index (χ0n) is 11.8. The Balaban J connectivity index is 2.26. The van der Waals surface area contributed by atoms with E-state index in [9.17, 15) is 0 Å². The molecule has 0 radical (unpaired) electrons. The number of aryl methyl sites for hydroxylation is 4. The standard InChI is InChI=1S/C14H18ClN3O/c1-7-6-12(11(5)19-7)10(4)18-14-13(15)16-8(2)9(3)17-14/h6,10H,1-5H3,(H,17,18). The molecule has 0 aliphatic rings. The third kappa shape index (κ3) is 2.89. The van der Waals surface area contributed by atoms with Crippen molar-refractivity contribution in [3.8, 4) is 0 Å². The van der Waals surface area contributed by atoms with Crippen LogP contribution in [0.15, 0.2) is 10.5 Å². The molecule has 5 heteroatoms. The van der Waals surface area contributed by atoms with Crippen molar-refractivity contribution in [3.05, 3.63) is 39.7 Å². The Hall–Kier alpha value is -1.55. The fraction of sp³-hybridized carbons (Fsp3) is 0.429. The number of halogens is 1. The number of hydrogen-bond acceptors (Lipinski definition) is 4. The molecular formula is C14H18ClN3O.